The Morgan fingerprint density at radius 2 is 2.40 bits per heavy atom. The first-order chi connectivity index (χ1) is 7.38. The number of thioether (sulfide) groups is 1. The Hall–Kier alpha value is -0.510. The molecule has 0 saturated carbocycles. The van der Waals surface area contributed by atoms with Crippen LogP contribution in [0.15, 0.2) is 29.2 Å². The predicted molar refractivity (Wildman–Crippen MR) is 64.0 cm³/mol. The summed E-state index contributed by atoms with van der Waals surface area (Å²) in [6, 6.07) is 8.48. The minimum absolute atomic E-state index is 0.626. The first-order valence-corrected chi connectivity index (χ1v) is 6.36. The van der Waals surface area contributed by atoms with Gasteiger partial charge in [0.15, 0.2) is 0 Å². The molecule has 82 valence electrons. The Bertz CT molecular complexity index is 310. The Kier molecular flexibility index (Phi) is 4.06. The molecule has 1 saturated heterocycles. The molecule has 0 spiro atoms. The molecule has 0 bridgehead atoms. The number of ether oxygens (including phenoxy) is 1. The molecule has 2 nitrogen and oxygen atoms in total. The summed E-state index contributed by atoms with van der Waals surface area (Å²) in [4.78, 5) is 1.32. The number of rotatable bonds is 4. The molecule has 1 heterocycles. The summed E-state index contributed by atoms with van der Waals surface area (Å²) >= 11 is 1.91. The molecule has 15 heavy (non-hydrogen) atoms. The van der Waals surface area contributed by atoms with E-state index >= 15 is 0 Å². The molecule has 2 N–H and O–H groups in total. The molecule has 0 radical (unpaired) electrons. The van der Waals surface area contributed by atoms with Gasteiger partial charge in [0.1, 0.15) is 0 Å². The van der Waals surface area contributed by atoms with Gasteiger partial charge in [-0.25, -0.2) is 0 Å². The molecule has 1 aromatic carbocycles. The van der Waals surface area contributed by atoms with Crippen molar-refractivity contribution in [3.05, 3.63) is 29.8 Å². The van der Waals surface area contributed by atoms with Crippen molar-refractivity contribution in [3.63, 3.8) is 0 Å². The number of benzene rings is 1. The van der Waals surface area contributed by atoms with Crippen LogP contribution in [0.3, 0.4) is 0 Å². The van der Waals surface area contributed by atoms with E-state index in [4.69, 9.17) is 10.5 Å². The van der Waals surface area contributed by atoms with Crippen molar-refractivity contribution < 1.29 is 4.74 Å². The van der Waals surface area contributed by atoms with E-state index in [9.17, 15) is 0 Å². The largest absolute Gasteiger partial charge is 0.381 e. The fourth-order valence-electron chi connectivity index (χ4n) is 1.69. The monoisotopic (exact) mass is 223 g/mol. The van der Waals surface area contributed by atoms with E-state index in [0.29, 0.717) is 6.54 Å². The fraction of sp³-hybridized carbons (Fsp3) is 0.500. The Morgan fingerprint density at radius 1 is 1.47 bits per heavy atom. The van der Waals surface area contributed by atoms with Crippen LogP contribution >= 0.6 is 11.8 Å². The van der Waals surface area contributed by atoms with Crippen LogP contribution in [0.1, 0.15) is 12.0 Å². The topological polar surface area (TPSA) is 35.2 Å². The molecule has 0 aliphatic carbocycles. The maximum atomic E-state index is 5.61. The summed E-state index contributed by atoms with van der Waals surface area (Å²) in [5.41, 5.74) is 6.82. The smallest absolute Gasteiger partial charge is 0.0503 e. The second-order valence-electron chi connectivity index (χ2n) is 3.89. The average Bonchev–Trinajstić information content (AvgIpc) is 2.79. The molecule has 2 rings (SSSR count). The molecule has 3 heteroatoms. The number of hydrogen-bond acceptors (Lipinski definition) is 3. The second-order valence-corrected chi connectivity index (χ2v) is 4.99. The summed E-state index contributed by atoms with van der Waals surface area (Å²) in [6.07, 6.45) is 1.21. The van der Waals surface area contributed by atoms with Gasteiger partial charge < -0.3 is 10.5 Å². The standard InChI is InChI=1S/C12H17NOS/c13-7-10-2-1-3-12(6-10)15-9-11-4-5-14-8-11/h1-3,6,11H,4-5,7-9,13H2. The van der Waals surface area contributed by atoms with Crippen molar-refractivity contribution in [2.75, 3.05) is 19.0 Å². The van der Waals surface area contributed by atoms with Gasteiger partial charge in [-0.2, -0.15) is 0 Å². The zero-order valence-electron chi connectivity index (χ0n) is 8.82. The molecule has 1 aliphatic heterocycles. The molecular formula is C12H17NOS. The summed E-state index contributed by atoms with van der Waals surface area (Å²) < 4.78 is 5.36. The van der Waals surface area contributed by atoms with Crippen LogP contribution < -0.4 is 5.73 Å². The highest BCUT2D eigenvalue weighted by atomic mass is 32.2. The van der Waals surface area contributed by atoms with Gasteiger partial charge in [0.25, 0.3) is 0 Å². The van der Waals surface area contributed by atoms with Crippen LogP contribution in [0, 0.1) is 5.92 Å². The van der Waals surface area contributed by atoms with Crippen LogP contribution in [-0.4, -0.2) is 19.0 Å². The van der Waals surface area contributed by atoms with Crippen LogP contribution in [-0.2, 0) is 11.3 Å². The van der Waals surface area contributed by atoms with E-state index in [2.05, 4.69) is 24.3 Å². The highest BCUT2D eigenvalue weighted by Gasteiger charge is 2.15. The lowest BCUT2D eigenvalue weighted by atomic mass is 10.2. The third kappa shape index (κ3) is 3.23. The van der Waals surface area contributed by atoms with Gasteiger partial charge in [0.05, 0.1) is 6.61 Å². The maximum absolute atomic E-state index is 5.61. The summed E-state index contributed by atoms with van der Waals surface area (Å²) in [6.45, 7) is 2.50. The minimum atomic E-state index is 0.626. The first kappa shape index (κ1) is 11.0. The third-order valence-corrected chi connectivity index (χ3v) is 3.87. The summed E-state index contributed by atoms with van der Waals surface area (Å²) in [5, 5.41) is 0. The van der Waals surface area contributed by atoms with Crippen molar-refractivity contribution in [3.8, 4) is 0 Å². The Balaban J connectivity index is 1.86. The fourth-order valence-corrected chi connectivity index (χ4v) is 2.79. The number of hydrogen-bond donors (Lipinski definition) is 1. The zero-order chi connectivity index (χ0) is 10.5. The maximum Gasteiger partial charge on any atom is 0.0503 e. The summed E-state index contributed by atoms with van der Waals surface area (Å²) in [7, 11) is 0. The van der Waals surface area contributed by atoms with Crippen LogP contribution in [0.5, 0.6) is 0 Å². The van der Waals surface area contributed by atoms with Gasteiger partial charge >= 0.3 is 0 Å². The van der Waals surface area contributed by atoms with E-state index in [1.165, 1.54) is 16.9 Å². The molecule has 1 aliphatic rings. The van der Waals surface area contributed by atoms with Crippen molar-refractivity contribution in [2.24, 2.45) is 11.7 Å². The lowest BCUT2D eigenvalue weighted by molar-refractivity contribution is 0.189. The Labute approximate surface area is 95.2 Å². The molecule has 1 fully saturated rings. The van der Waals surface area contributed by atoms with Gasteiger partial charge in [0.2, 0.25) is 0 Å². The van der Waals surface area contributed by atoms with Crippen molar-refractivity contribution in [1.29, 1.82) is 0 Å². The van der Waals surface area contributed by atoms with Crippen molar-refractivity contribution in [2.45, 2.75) is 17.9 Å². The molecule has 0 aromatic heterocycles. The lowest BCUT2D eigenvalue weighted by Crippen LogP contribution is -2.02. The third-order valence-electron chi connectivity index (χ3n) is 2.64. The minimum Gasteiger partial charge on any atom is -0.381 e. The highest BCUT2D eigenvalue weighted by molar-refractivity contribution is 7.99. The van der Waals surface area contributed by atoms with E-state index in [-0.39, 0.29) is 0 Å². The van der Waals surface area contributed by atoms with Gasteiger partial charge in [-0.15, -0.1) is 11.8 Å². The van der Waals surface area contributed by atoms with Crippen LogP contribution in [0.25, 0.3) is 0 Å². The normalized spacial score (nSPS) is 20.7. The van der Waals surface area contributed by atoms with Gasteiger partial charge in [-0.3, -0.25) is 0 Å². The summed E-state index contributed by atoms with van der Waals surface area (Å²) in [5.74, 6) is 1.89. The quantitative estimate of drug-likeness (QED) is 0.795. The highest BCUT2D eigenvalue weighted by Crippen LogP contribution is 2.25. The molecular weight excluding hydrogens is 206 g/mol. The van der Waals surface area contributed by atoms with Gasteiger partial charge in [-0.1, -0.05) is 12.1 Å². The van der Waals surface area contributed by atoms with Crippen LogP contribution in [0.4, 0.5) is 0 Å². The number of nitrogens with two attached hydrogens (primary N) is 1. The van der Waals surface area contributed by atoms with Crippen LogP contribution in [0.2, 0.25) is 0 Å². The average molecular weight is 223 g/mol. The SMILES string of the molecule is NCc1cccc(SCC2CCOC2)c1. The van der Waals surface area contributed by atoms with E-state index < -0.39 is 0 Å². The zero-order valence-corrected chi connectivity index (χ0v) is 9.63. The lowest BCUT2D eigenvalue weighted by Gasteiger charge is -2.07. The molecule has 1 aromatic rings. The van der Waals surface area contributed by atoms with E-state index in [1.807, 2.05) is 11.8 Å². The molecule has 1 atom stereocenters. The first-order valence-electron chi connectivity index (χ1n) is 5.38. The molecule has 0 amide bonds. The second kappa shape index (κ2) is 5.54. The van der Waals surface area contributed by atoms with Crippen molar-refractivity contribution in [1.82, 2.24) is 0 Å². The van der Waals surface area contributed by atoms with Gasteiger partial charge in [-0.05, 0) is 30.0 Å². The van der Waals surface area contributed by atoms with Crippen molar-refractivity contribution >= 4 is 11.8 Å². The predicted octanol–water partition coefficient (Wildman–Crippen LogP) is 2.27. The van der Waals surface area contributed by atoms with E-state index in [1.54, 1.807) is 0 Å². The van der Waals surface area contributed by atoms with Gasteiger partial charge in [0, 0.05) is 23.8 Å². The molecule has 1 unspecified atom stereocenters. The van der Waals surface area contributed by atoms with E-state index in [0.717, 1.165) is 24.9 Å². The Morgan fingerprint density at radius 3 is 3.13 bits per heavy atom.